The molecule has 2 rings (SSSR count). The molecule has 0 atom stereocenters. The number of hydrogen-bond donors (Lipinski definition) is 0. The van der Waals surface area contributed by atoms with Crippen LogP contribution >= 0.6 is 12.2 Å². The normalized spacial score (nSPS) is 10.1. The largest absolute Gasteiger partial charge is 0.251 e. The van der Waals surface area contributed by atoms with Gasteiger partial charge in [0.25, 0.3) is 0 Å². The molecular weight excluding hydrogens is 271 g/mol. The molecule has 0 saturated carbocycles. The van der Waals surface area contributed by atoms with Crippen molar-refractivity contribution in [2.24, 2.45) is 4.99 Å². The minimum atomic E-state index is -0.405. The summed E-state index contributed by atoms with van der Waals surface area (Å²) in [5.74, 6) is -0.405. The van der Waals surface area contributed by atoms with Gasteiger partial charge in [-0.1, -0.05) is 37.6 Å². The molecule has 0 N–H and O–H groups in total. The topological polar surface area (TPSA) is 25.2 Å². The molecule has 4 heteroatoms. The second-order valence-electron chi connectivity index (χ2n) is 4.53. The van der Waals surface area contributed by atoms with E-state index in [4.69, 9.17) is 0 Å². The standard InChI is InChI=1S/C16H15FN2S/c1-2-3-4-12-5-7-13(8-6-12)16-15(17)9-14(10-18-16)19-11-20/h5-10H,2-4H2,1H3. The van der Waals surface area contributed by atoms with E-state index >= 15 is 0 Å². The van der Waals surface area contributed by atoms with Crippen LogP contribution in [-0.4, -0.2) is 10.1 Å². The number of nitrogens with zero attached hydrogens (tertiary/aromatic N) is 2. The lowest BCUT2D eigenvalue weighted by atomic mass is 10.0. The maximum atomic E-state index is 14.0. The summed E-state index contributed by atoms with van der Waals surface area (Å²) in [5.41, 5.74) is 2.73. The number of thiocarbonyl (C=S) groups is 1. The fourth-order valence-electron chi connectivity index (χ4n) is 1.96. The van der Waals surface area contributed by atoms with Crippen molar-refractivity contribution in [3.8, 4) is 11.3 Å². The summed E-state index contributed by atoms with van der Waals surface area (Å²) in [5, 5.41) is 2.20. The molecule has 2 aromatic rings. The van der Waals surface area contributed by atoms with Crippen LogP contribution in [0.15, 0.2) is 41.5 Å². The molecule has 0 fully saturated rings. The van der Waals surface area contributed by atoms with E-state index in [2.05, 4.69) is 34.3 Å². The van der Waals surface area contributed by atoms with Crippen molar-refractivity contribution < 1.29 is 4.39 Å². The van der Waals surface area contributed by atoms with Crippen molar-refractivity contribution in [1.82, 2.24) is 4.98 Å². The van der Waals surface area contributed by atoms with Crippen LogP contribution in [0.4, 0.5) is 10.1 Å². The van der Waals surface area contributed by atoms with Crippen LogP contribution in [0.2, 0.25) is 0 Å². The lowest BCUT2D eigenvalue weighted by Crippen LogP contribution is -1.90. The summed E-state index contributed by atoms with van der Waals surface area (Å²) in [7, 11) is 0. The molecule has 1 aromatic heterocycles. The van der Waals surface area contributed by atoms with Gasteiger partial charge in [0.05, 0.1) is 17.0 Å². The predicted octanol–water partition coefficient (Wildman–Crippen LogP) is 4.96. The van der Waals surface area contributed by atoms with Crippen LogP contribution in [-0.2, 0) is 6.42 Å². The Bertz CT molecular complexity index is 631. The van der Waals surface area contributed by atoms with Crippen LogP contribution in [0.1, 0.15) is 25.3 Å². The Hall–Kier alpha value is -1.90. The summed E-state index contributed by atoms with van der Waals surface area (Å²) in [4.78, 5) is 7.82. The molecule has 0 unspecified atom stereocenters. The van der Waals surface area contributed by atoms with Gasteiger partial charge in [-0.2, -0.15) is 4.99 Å². The number of hydrogen-bond acceptors (Lipinski definition) is 3. The summed E-state index contributed by atoms with van der Waals surface area (Å²) in [6.07, 6.45) is 4.87. The number of isothiocyanates is 1. The fraction of sp³-hybridized carbons (Fsp3) is 0.250. The number of pyridine rings is 1. The van der Waals surface area contributed by atoms with Crippen molar-refractivity contribution in [2.45, 2.75) is 26.2 Å². The Morgan fingerprint density at radius 3 is 2.65 bits per heavy atom. The Labute approximate surface area is 123 Å². The maximum Gasteiger partial charge on any atom is 0.151 e. The minimum Gasteiger partial charge on any atom is -0.251 e. The highest BCUT2D eigenvalue weighted by Gasteiger charge is 2.07. The molecule has 2 nitrogen and oxygen atoms in total. The van der Waals surface area contributed by atoms with E-state index in [9.17, 15) is 4.39 Å². The first-order valence-electron chi connectivity index (χ1n) is 6.57. The van der Waals surface area contributed by atoms with Crippen LogP contribution in [0.5, 0.6) is 0 Å². The zero-order valence-corrected chi connectivity index (χ0v) is 12.1. The van der Waals surface area contributed by atoms with Gasteiger partial charge >= 0.3 is 0 Å². The summed E-state index contributed by atoms with van der Waals surface area (Å²) < 4.78 is 14.0. The average Bonchev–Trinajstić information content (AvgIpc) is 2.46. The molecule has 1 heterocycles. The number of aryl methyl sites for hydroxylation is 1. The van der Waals surface area contributed by atoms with Crippen molar-refractivity contribution >= 4 is 23.1 Å². The van der Waals surface area contributed by atoms with Crippen molar-refractivity contribution in [1.29, 1.82) is 0 Å². The molecule has 0 bridgehead atoms. The molecule has 1 aromatic carbocycles. The monoisotopic (exact) mass is 286 g/mol. The Kier molecular flexibility index (Phi) is 5.10. The van der Waals surface area contributed by atoms with E-state index in [1.807, 2.05) is 24.3 Å². The first-order valence-corrected chi connectivity index (χ1v) is 6.98. The fourth-order valence-corrected chi connectivity index (χ4v) is 2.07. The first kappa shape index (κ1) is 14.5. The number of aliphatic imine (C=N–C) groups is 1. The van der Waals surface area contributed by atoms with Crippen LogP contribution < -0.4 is 0 Å². The summed E-state index contributed by atoms with van der Waals surface area (Å²) in [6.45, 7) is 2.16. The number of unbranched alkanes of at least 4 members (excludes halogenated alkanes) is 1. The quantitative estimate of drug-likeness (QED) is 0.573. The zero-order chi connectivity index (χ0) is 14.4. The smallest absolute Gasteiger partial charge is 0.151 e. The Morgan fingerprint density at radius 2 is 2.05 bits per heavy atom. The highest BCUT2D eigenvalue weighted by Crippen LogP contribution is 2.24. The SMILES string of the molecule is CCCCc1ccc(-c2ncc(N=C=S)cc2F)cc1. The van der Waals surface area contributed by atoms with Gasteiger partial charge in [-0.25, -0.2) is 4.39 Å². The molecule has 0 saturated heterocycles. The lowest BCUT2D eigenvalue weighted by molar-refractivity contribution is 0.626. The maximum absolute atomic E-state index is 14.0. The molecule has 0 aliphatic heterocycles. The van der Waals surface area contributed by atoms with E-state index in [1.54, 1.807) is 0 Å². The van der Waals surface area contributed by atoms with Gasteiger partial charge in [-0.3, -0.25) is 4.98 Å². The Balaban J connectivity index is 2.25. The third-order valence-electron chi connectivity index (χ3n) is 3.05. The molecule has 0 aliphatic rings. The van der Waals surface area contributed by atoms with Crippen molar-refractivity contribution in [3.63, 3.8) is 0 Å². The van der Waals surface area contributed by atoms with Gasteiger partial charge in [0.2, 0.25) is 0 Å². The van der Waals surface area contributed by atoms with Crippen molar-refractivity contribution in [3.05, 3.63) is 47.9 Å². The van der Waals surface area contributed by atoms with E-state index in [-0.39, 0.29) is 0 Å². The summed E-state index contributed by atoms with van der Waals surface area (Å²) in [6, 6.07) is 9.16. The van der Waals surface area contributed by atoms with Crippen LogP contribution in [0.25, 0.3) is 11.3 Å². The van der Waals surface area contributed by atoms with Gasteiger partial charge < -0.3 is 0 Å². The van der Waals surface area contributed by atoms with Gasteiger partial charge in [-0.15, -0.1) is 0 Å². The highest BCUT2D eigenvalue weighted by atomic mass is 32.1. The van der Waals surface area contributed by atoms with E-state index in [0.29, 0.717) is 11.4 Å². The number of rotatable bonds is 5. The predicted molar refractivity (Wildman–Crippen MR) is 82.9 cm³/mol. The molecule has 0 amide bonds. The number of aromatic nitrogens is 1. The highest BCUT2D eigenvalue weighted by molar-refractivity contribution is 7.78. The second kappa shape index (κ2) is 7.04. The third kappa shape index (κ3) is 3.56. The lowest BCUT2D eigenvalue weighted by Gasteiger charge is -2.05. The van der Waals surface area contributed by atoms with Crippen LogP contribution in [0, 0.1) is 5.82 Å². The molecule has 20 heavy (non-hydrogen) atoms. The average molecular weight is 286 g/mol. The molecular formula is C16H15FN2S. The Morgan fingerprint density at radius 1 is 1.30 bits per heavy atom. The van der Waals surface area contributed by atoms with Crippen LogP contribution in [0.3, 0.4) is 0 Å². The zero-order valence-electron chi connectivity index (χ0n) is 11.3. The van der Waals surface area contributed by atoms with E-state index in [1.165, 1.54) is 24.2 Å². The van der Waals surface area contributed by atoms with Gasteiger partial charge in [-0.05, 0) is 30.6 Å². The molecule has 0 radical (unpaired) electrons. The number of halogens is 1. The molecule has 0 aliphatic carbocycles. The molecule has 0 spiro atoms. The van der Waals surface area contributed by atoms with Gasteiger partial charge in [0.1, 0.15) is 5.69 Å². The van der Waals surface area contributed by atoms with Gasteiger partial charge in [0, 0.05) is 11.6 Å². The van der Waals surface area contributed by atoms with Gasteiger partial charge in [0.15, 0.2) is 5.82 Å². The van der Waals surface area contributed by atoms with Crippen molar-refractivity contribution in [2.75, 3.05) is 0 Å². The molecule has 102 valence electrons. The third-order valence-corrected chi connectivity index (χ3v) is 3.14. The van der Waals surface area contributed by atoms with E-state index < -0.39 is 5.82 Å². The first-order chi connectivity index (χ1) is 9.74. The number of benzene rings is 1. The summed E-state index contributed by atoms with van der Waals surface area (Å²) >= 11 is 4.49. The second-order valence-corrected chi connectivity index (χ2v) is 4.71. The van der Waals surface area contributed by atoms with E-state index in [0.717, 1.165) is 18.4 Å². The minimum absolute atomic E-state index is 0.329.